The quantitative estimate of drug-likeness (QED) is 0.240. The minimum Gasteiger partial charge on any atom is -0.354 e. The molecule has 5 rings (SSSR count). The first-order valence-corrected chi connectivity index (χ1v) is 13.5. The molecule has 2 aliphatic rings. The minimum absolute atomic E-state index is 0.0713. The Morgan fingerprint density at radius 1 is 1.05 bits per heavy atom. The summed E-state index contributed by atoms with van der Waals surface area (Å²) in [5.74, 6) is 0.0449. The second-order valence-electron chi connectivity index (χ2n) is 10.5. The number of carbonyl (C=O) groups excluding carboxylic acids is 2. The van der Waals surface area contributed by atoms with Gasteiger partial charge >= 0.3 is 0 Å². The number of fused-ring (bicyclic) bond motifs is 1. The summed E-state index contributed by atoms with van der Waals surface area (Å²) in [6, 6.07) is 22.0. The summed E-state index contributed by atoms with van der Waals surface area (Å²) in [6.45, 7) is 2.80. The number of nitrogens with one attached hydrogen (secondary N) is 2. The van der Waals surface area contributed by atoms with Crippen LogP contribution in [0.15, 0.2) is 72.8 Å². The standard InChI is InChI=1S/C31H33N5O4/c1-34(2)31(38)23-15-18-35(19-16-23)17-14-21-8-10-24(11-9-21)32-29(22-6-4-3-5-7-22)28-26-20-25(36(39)40)12-13-27(26)33-30(28)37/h3-13,20,23,32H,14-19H2,1-2H3,(H,33,37). The second-order valence-corrected chi connectivity index (χ2v) is 10.5. The summed E-state index contributed by atoms with van der Waals surface area (Å²) in [7, 11) is 3.64. The zero-order valence-electron chi connectivity index (χ0n) is 22.7. The van der Waals surface area contributed by atoms with Gasteiger partial charge in [0.05, 0.1) is 16.2 Å². The van der Waals surface area contributed by atoms with E-state index >= 15 is 0 Å². The van der Waals surface area contributed by atoms with Crippen LogP contribution in [0.1, 0.15) is 29.5 Å². The van der Waals surface area contributed by atoms with Crippen molar-refractivity contribution in [2.45, 2.75) is 19.3 Å². The predicted molar refractivity (Wildman–Crippen MR) is 157 cm³/mol. The van der Waals surface area contributed by atoms with Crippen LogP contribution in [0, 0.1) is 16.0 Å². The summed E-state index contributed by atoms with van der Waals surface area (Å²) in [5.41, 5.74) is 4.73. The van der Waals surface area contributed by atoms with Crippen molar-refractivity contribution in [1.29, 1.82) is 0 Å². The molecule has 0 aromatic heterocycles. The Bertz CT molecular complexity index is 1440. The molecule has 9 nitrogen and oxygen atoms in total. The monoisotopic (exact) mass is 539 g/mol. The van der Waals surface area contributed by atoms with E-state index in [1.54, 1.807) is 11.0 Å². The van der Waals surface area contributed by atoms with Crippen LogP contribution < -0.4 is 10.6 Å². The molecule has 40 heavy (non-hydrogen) atoms. The highest BCUT2D eigenvalue weighted by atomic mass is 16.6. The number of carbonyl (C=O) groups is 2. The number of nitro benzene ring substituents is 1. The molecular weight excluding hydrogens is 506 g/mol. The van der Waals surface area contributed by atoms with Gasteiger partial charge in [0.2, 0.25) is 5.91 Å². The van der Waals surface area contributed by atoms with Gasteiger partial charge in [0.1, 0.15) is 0 Å². The third-order valence-electron chi connectivity index (χ3n) is 7.59. The largest absolute Gasteiger partial charge is 0.354 e. The molecule has 1 saturated heterocycles. The van der Waals surface area contributed by atoms with E-state index in [0.717, 1.165) is 50.1 Å². The normalized spacial score (nSPS) is 16.7. The third-order valence-corrected chi connectivity index (χ3v) is 7.59. The number of piperidine rings is 1. The maximum atomic E-state index is 13.1. The first kappa shape index (κ1) is 27.1. The predicted octanol–water partition coefficient (Wildman–Crippen LogP) is 4.87. The molecule has 206 valence electrons. The van der Waals surface area contributed by atoms with Crippen LogP contribution in [0.3, 0.4) is 0 Å². The fraction of sp³-hybridized carbons (Fsp3) is 0.290. The van der Waals surface area contributed by atoms with E-state index in [0.29, 0.717) is 22.5 Å². The van der Waals surface area contributed by atoms with Gasteiger partial charge in [-0.2, -0.15) is 0 Å². The number of nitrogens with zero attached hydrogens (tertiary/aromatic N) is 3. The summed E-state index contributed by atoms with van der Waals surface area (Å²) in [5, 5.41) is 17.7. The van der Waals surface area contributed by atoms with Crippen LogP contribution >= 0.6 is 0 Å². The molecule has 0 spiro atoms. The molecule has 0 bridgehead atoms. The Morgan fingerprint density at radius 3 is 2.40 bits per heavy atom. The van der Waals surface area contributed by atoms with E-state index in [2.05, 4.69) is 27.7 Å². The average molecular weight is 540 g/mol. The van der Waals surface area contributed by atoms with Gasteiger partial charge in [-0.3, -0.25) is 19.7 Å². The van der Waals surface area contributed by atoms with E-state index < -0.39 is 4.92 Å². The van der Waals surface area contributed by atoms with Gasteiger partial charge in [-0.15, -0.1) is 0 Å². The maximum absolute atomic E-state index is 13.1. The van der Waals surface area contributed by atoms with Crippen LogP contribution in [0.25, 0.3) is 11.3 Å². The maximum Gasteiger partial charge on any atom is 0.270 e. The number of amides is 2. The average Bonchev–Trinajstić information content (AvgIpc) is 3.30. The summed E-state index contributed by atoms with van der Waals surface area (Å²) < 4.78 is 0. The number of benzene rings is 3. The van der Waals surface area contributed by atoms with Gasteiger partial charge < -0.3 is 20.4 Å². The molecule has 3 aromatic carbocycles. The Labute approximate surface area is 233 Å². The van der Waals surface area contributed by atoms with Crippen molar-refractivity contribution in [1.82, 2.24) is 9.80 Å². The molecule has 0 atom stereocenters. The van der Waals surface area contributed by atoms with Gasteiger partial charge in [0.25, 0.3) is 11.6 Å². The molecule has 0 radical (unpaired) electrons. The van der Waals surface area contributed by atoms with Gasteiger partial charge in [-0.1, -0.05) is 42.5 Å². The molecular formula is C31H33N5O4. The molecule has 0 unspecified atom stereocenters. The number of anilines is 2. The van der Waals surface area contributed by atoms with Crippen molar-refractivity contribution >= 4 is 40.1 Å². The lowest BCUT2D eigenvalue weighted by molar-refractivity contribution is -0.384. The number of hydrogen-bond acceptors (Lipinski definition) is 6. The highest BCUT2D eigenvalue weighted by Crippen LogP contribution is 2.39. The number of likely N-dealkylation sites (tertiary alicyclic amines) is 1. The Hall–Kier alpha value is -4.50. The van der Waals surface area contributed by atoms with Crippen molar-refractivity contribution < 1.29 is 14.5 Å². The fourth-order valence-corrected chi connectivity index (χ4v) is 5.36. The lowest BCUT2D eigenvalue weighted by atomic mass is 9.95. The molecule has 2 N–H and O–H groups in total. The fourth-order valence-electron chi connectivity index (χ4n) is 5.36. The van der Waals surface area contributed by atoms with Crippen LogP contribution in [0.2, 0.25) is 0 Å². The number of non-ortho nitro benzene ring substituents is 1. The SMILES string of the molecule is CN(C)C(=O)C1CCN(CCc2ccc(NC(=C3C(=O)Nc4ccc([N+](=O)[O-])cc43)c3ccccc3)cc2)CC1. The Kier molecular flexibility index (Phi) is 7.93. The van der Waals surface area contributed by atoms with E-state index in [1.165, 1.54) is 17.7 Å². The van der Waals surface area contributed by atoms with E-state index in [1.807, 2.05) is 56.6 Å². The number of nitro groups is 1. The lowest BCUT2D eigenvalue weighted by Gasteiger charge is -2.32. The Balaban J connectivity index is 1.32. The molecule has 0 aliphatic carbocycles. The highest BCUT2D eigenvalue weighted by Gasteiger charge is 2.30. The van der Waals surface area contributed by atoms with Crippen molar-refractivity contribution in [2.75, 3.05) is 44.4 Å². The third kappa shape index (κ3) is 5.89. The molecule has 0 saturated carbocycles. The van der Waals surface area contributed by atoms with Crippen molar-refractivity contribution in [2.24, 2.45) is 5.92 Å². The zero-order chi connectivity index (χ0) is 28.2. The molecule has 2 heterocycles. The summed E-state index contributed by atoms with van der Waals surface area (Å²) in [6.07, 6.45) is 2.70. The number of rotatable bonds is 8. The molecule has 3 aromatic rings. The van der Waals surface area contributed by atoms with Gasteiger partial charge in [-0.05, 0) is 61.7 Å². The van der Waals surface area contributed by atoms with Crippen molar-refractivity contribution in [3.05, 3.63) is 99.6 Å². The van der Waals surface area contributed by atoms with Crippen molar-refractivity contribution in [3.63, 3.8) is 0 Å². The lowest BCUT2D eigenvalue weighted by Crippen LogP contribution is -2.40. The second kappa shape index (κ2) is 11.7. The molecule has 1 fully saturated rings. The summed E-state index contributed by atoms with van der Waals surface area (Å²) >= 11 is 0. The van der Waals surface area contributed by atoms with Crippen LogP contribution in [-0.2, 0) is 16.0 Å². The Morgan fingerprint density at radius 2 is 1.75 bits per heavy atom. The molecule has 2 amide bonds. The molecule has 2 aliphatic heterocycles. The topological polar surface area (TPSA) is 108 Å². The minimum atomic E-state index is -0.458. The van der Waals surface area contributed by atoms with Crippen molar-refractivity contribution in [3.8, 4) is 0 Å². The number of hydrogen-bond donors (Lipinski definition) is 2. The van der Waals surface area contributed by atoms with E-state index in [-0.39, 0.29) is 23.4 Å². The van der Waals surface area contributed by atoms with Crippen LogP contribution in [-0.4, -0.2) is 60.3 Å². The first-order valence-electron chi connectivity index (χ1n) is 13.5. The highest BCUT2D eigenvalue weighted by molar-refractivity contribution is 6.37. The first-order chi connectivity index (χ1) is 19.3. The van der Waals surface area contributed by atoms with Crippen LogP contribution in [0.5, 0.6) is 0 Å². The van der Waals surface area contributed by atoms with E-state index in [9.17, 15) is 19.7 Å². The van der Waals surface area contributed by atoms with Gasteiger partial charge in [0.15, 0.2) is 0 Å². The smallest absolute Gasteiger partial charge is 0.270 e. The van der Waals surface area contributed by atoms with E-state index in [4.69, 9.17) is 0 Å². The van der Waals surface area contributed by atoms with Gasteiger partial charge in [0, 0.05) is 55.6 Å². The summed E-state index contributed by atoms with van der Waals surface area (Å²) in [4.78, 5) is 40.4. The zero-order valence-corrected chi connectivity index (χ0v) is 22.7. The molecule has 9 heteroatoms. The van der Waals surface area contributed by atoms with Gasteiger partial charge in [-0.25, -0.2) is 0 Å². The van der Waals surface area contributed by atoms with Crippen LogP contribution in [0.4, 0.5) is 17.1 Å².